The summed E-state index contributed by atoms with van der Waals surface area (Å²) in [4.78, 5) is 16.9. The van der Waals surface area contributed by atoms with Crippen LogP contribution in [0.4, 0.5) is 0 Å². The van der Waals surface area contributed by atoms with Crippen LogP contribution in [0.25, 0.3) is 0 Å². The van der Waals surface area contributed by atoms with Crippen molar-refractivity contribution >= 4 is 15.9 Å². The van der Waals surface area contributed by atoms with Crippen molar-refractivity contribution in [3.8, 4) is 0 Å². The second kappa shape index (κ2) is 9.48. The van der Waals surface area contributed by atoms with Gasteiger partial charge < -0.3 is 9.80 Å². The molecule has 7 heteroatoms. The summed E-state index contributed by atoms with van der Waals surface area (Å²) in [6.07, 6.45) is 4.95. The molecule has 1 N–H and O–H groups in total. The Labute approximate surface area is 157 Å². The Balaban J connectivity index is 2.01. The van der Waals surface area contributed by atoms with Gasteiger partial charge in [-0.3, -0.25) is 4.79 Å². The van der Waals surface area contributed by atoms with E-state index >= 15 is 0 Å². The first-order valence-corrected chi connectivity index (χ1v) is 10.9. The van der Waals surface area contributed by atoms with Gasteiger partial charge in [0.05, 0.1) is 4.90 Å². The average molecular weight is 382 g/mol. The largest absolute Gasteiger partial charge is 0.336 e. The van der Waals surface area contributed by atoms with Gasteiger partial charge in [-0.15, -0.1) is 0 Å². The van der Waals surface area contributed by atoms with Crippen LogP contribution in [0.15, 0.2) is 29.2 Å². The number of nitrogens with one attached hydrogen (secondary N) is 1. The maximum absolute atomic E-state index is 12.8. The topological polar surface area (TPSA) is 69.7 Å². The Hall–Kier alpha value is -1.44. The molecule has 0 saturated carbocycles. The molecule has 1 aliphatic rings. The highest BCUT2D eigenvalue weighted by Gasteiger charge is 2.26. The van der Waals surface area contributed by atoms with E-state index in [9.17, 15) is 13.2 Å². The minimum absolute atomic E-state index is 0.000518. The molecule has 26 heavy (non-hydrogen) atoms. The summed E-state index contributed by atoms with van der Waals surface area (Å²) in [6.45, 7) is 4.11. The van der Waals surface area contributed by atoms with Gasteiger partial charge >= 0.3 is 0 Å². The van der Waals surface area contributed by atoms with E-state index in [0.29, 0.717) is 12.1 Å². The van der Waals surface area contributed by atoms with E-state index < -0.39 is 10.0 Å². The van der Waals surface area contributed by atoms with Crippen molar-refractivity contribution < 1.29 is 13.2 Å². The average Bonchev–Trinajstić information content (AvgIpc) is 2.64. The van der Waals surface area contributed by atoms with Crippen LogP contribution >= 0.6 is 0 Å². The van der Waals surface area contributed by atoms with Gasteiger partial charge in [0.25, 0.3) is 5.91 Å². The summed E-state index contributed by atoms with van der Waals surface area (Å²) in [5.41, 5.74) is 0.553. The maximum Gasteiger partial charge on any atom is 0.254 e. The summed E-state index contributed by atoms with van der Waals surface area (Å²) in [5, 5.41) is 0. The van der Waals surface area contributed by atoms with Crippen molar-refractivity contribution in [2.45, 2.75) is 50.0 Å². The molecule has 1 aromatic rings. The molecule has 1 fully saturated rings. The molecular formula is C19H31N3O3S. The lowest BCUT2D eigenvalue weighted by molar-refractivity contribution is 0.0608. The first kappa shape index (κ1) is 20.9. The van der Waals surface area contributed by atoms with E-state index in [1.54, 1.807) is 12.1 Å². The smallest absolute Gasteiger partial charge is 0.254 e. The first-order valence-electron chi connectivity index (χ1n) is 9.40. The van der Waals surface area contributed by atoms with Crippen molar-refractivity contribution in [3.63, 3.8) is 0 Å². The van der Waals surface area contributed by atoms with Crippen LogP contribution in [0.5, 0.6) is 0 Å². The Kier molecular flexibility index (Phi) is 7.61. The number of carbonyl (C=O) groups is 1. The zero-order valence-corrected chi connectivity index (χ0v) is 16.9. The Morgan fingerprint density at radius 3 is 2.54 bits per heavy atom. The van der Waals surface area contributed by atoms with Crippen LogP contribution in [0.3, 0.4) is 0 Å². The lowest BCUT2D eigenvalue weighted by Crippen LogP contribution is -2.43. The second-order valence-corrected chi connectivity index (χ2v) is 8.90. The molecular weight excluding hydrogens is 350 g/mol. The van der Waals surface area contributed by atoms with Gasteiger partial charge in [-0.25, -0.2) is 13.1 Å². The number of sulfonamides is 1. The highest BCUT2D eigenvalue weighted by atomic mass is 32.2. The number of hydrogen-bond acceptors (Lipinski definition) is 4. The van der Waals surface area contributed by atoms with Gasteiger partial charge in [0.15, 0.2) is 0 Å². The highest BCUT2D eigenvalue weighted by Crippen LogP contribution is 2.22. The van der Waals surface area contributed by atoms with Crippen LogP contribution in [0.1, 0.15) is 49.4 Å². The fourth-order valence-corrected chi connectivity index (χ4v) is 4.39. The number of piperidine rings is 1. The first-order chi connectivity index (χ1) is 12.3. The fourth-order valence-electron chi connectivity index (χ4n) is 3.32. The maximum atomic E-state index is 12.8. The number of likely N-dealkylation sites (tertiary alicyclic amines) is 1. The third-order valence-corrected chi connectivity index (χ3v) is 6.32. The number of amides is 1. The van der Waals surface area contributed by atoms with Crippen molar-refractivity contribution in [3.05, 3.63) is 29.8 Å². The number of hydrogen-bond donors (Lipinski definition) is 1. The Morgan fingerprint density at radius 1 is 1.23 bits per heavy atom. The van der Waals surface area contributed by atoms with Gasteiger partial charge in [-0.2, -0.15) is 0 Å². The van der Waals surface area contributed by atoms with Crippen molar-refractivity contribution in [1.82, 2.24) is 14.5 Å². The molecule has 2 rings (SSSR count). The standard InChI is InChI=1S/C19H31N3O3S/c1-4-17-8-5-6-15-22(17)19(23)16-9-11-18(12-10-16)26(24,25)20-13-7-14-21(2)3/h9-12,17,20H,4-8,13-15H2,1-3H3. The van der Waals surface area contributed by atoms with Gasteiger partial charge in [0, 0.05) is 24.7 Å². The molecule has 0 aliphatic carbocycles. The normalized spacial score (nSPS) is 18.3. The highest BCUT2D eigenvalue weighted by molar-refractivity contribution is 7.89. The molecule has 1 aromatic carbocycles. The minimum atomic E-state index is -3.53. The van der Waals surface area contributed by atoms with Crippen LogP contribution in [-0.2, 0) is 10.0 Å². The molecule has 1 aliphatic heterocycles. The summed E-state index contributed by atoms with van der Waals surface area (Å²) >= 11 is 0. The summed E-state index contributed by atoms with van der Waals surface area (Å²) in [7, 11) is 0.374. The summed E-state index contributed by atoms with van der Waals surface area (Å²) in [6, 6.07) is 6.58. The molecule has 0 spiro atoms. The van der Waals surface area contributed by atoms with E-state index in [-0.39, 0.29) is 16.8 Å². The second-order valence-electron chi connectivity index (χ2n) is 7.14. The number of benzene rings is 1. The molecule has 0 aromatic heterocycles. The summed E-state index contributed by atoms with van der Waals surface area (Å²) < 4.78 is 27.3. The molecule has 1 heterocycles. The molecule has 0 radical (unpaired) electrons. The van der Waals surface area contributed by atoms with Gasteiger partial charge in [-0.05, 0) is 77.0 Å². The van der Waals surface area contributed by atoms with E-state index in [2.05, 4.69) is 11.6 Å². The van der Waals surface area contributed by atoms with E-state index in [0.717, 1.165) is 38.8 Å². The predicted octanol–water partition coefficient (Wildman–Crippen LogP) is 2.32. The van der Waals surface area contributed by atoms with E-state index in [1.807, 2.05) is 23.9 Å². The Bertz CT molecular complexity index is 686. The molecule has 6 nitrogen and oxygen atoms in total. The fraction of sp³-hybridized carbons (Fsp3) is 0.632. The quantitative estimate of drug-likeness (QED) is 0.702. The number of nitrogens with zero attached hydrogens (tertiary/aromatic N) is 2. The van der Waals surface area contributed by atoms with Crippen LogP contribution in [0.2, 0.25) is 0 Å². The van der Waals surface area contributed by atoms with Gasteiger partial charge in [-0.1, -0.05) is 6.92 Å². The number of rotatable bonds is 8. The van der Waals surface area contributed by atoms with Crippen molar-refractivity contribution in [2.75, 3.05) is 33.7 Å². The molecule has 1 unspecified atom stereocenters. The lowest BCUT2D eigenvalue weighted by Gasteiger charge is -2.35. The van der Waals surface area contributed by atoms with Crippen LogP contribution < -0.4 is 4.72 Å². The third-order valence-electron chi connectivity index (χ3n) is 4.85. The molecule has 1 amide bonds. The number of carbonyl (C=O) groups excluding carboxylic acids is 1. The zero-order valence-electron chi connectivity index (χ0n) is 16.1. The van der Waals surface area contributed by atoms with Gasteiger partial charge in [0.2, 0.25) is 10.0 Å². The zero-order chi connectivity index (χ0) is 19.2. The molecule has 1 atom stereocenters. The third kappa shape index (κ3) is 5.53. The van der Waals surface area contributed by atoms with Crippen LogP contribution in [0, 0.1) is 0 Å². The lowest BCUT2D eigenvalue weighted by atomic mass is 9.99. The van der Waals surface area contributed by atoms with E-state index in [4.69, 9.17) is 0 Å². The summed E-state index contributed by atoms with van der Waals surface area (Å²) in [5.74, 6) is -0.000518. The van der Waals surface area contributed by atoms with Crippen molar-refractivity contribution in [2.24, 2.45) is 0 Å². The monoisotopic (exact) mass is 381 g/mol. The molecule has 146 valence electrons. The molecule has 0 bridgehead atoms. The van der Waals surface area contributed by atoms with Crippen LogP contribution in [-0.4, -0.2) is 63.9 Å². The van der Waals surface area contributed by atoms with E-state index in [1.165, 1.54) is 18.6 Å². The van der Waals surface area contributed by atoms with Gasteiger partial charge in [0.1, 0.15) is 0 Å². The predicted molar refractivity (Wildman–Crippen MR) is 104 cm³/mol. The Morgan fingerprint density at radius 2 is 1.92 bits per heavy atom. The van der Waals surface area contributed by atoms with Crippen molar-refractivity contribution in [1.29, 1.82) is 0 Å². The minimum Gasteiger partial charge on any atom is -0.336 e. The SMILES string of the molecule is CCC1CCCCN1C(=O)c1ccc(S(=O)(=O)NCCCN(C)C)cc1. The molecule has 1 saturated heterocycles.